The van der Waals surface area contributed by atoms with Crippen LogP contribution in [-0.4, -0.2) is 57.7 Å². The third kappa shape index (κ3) is 6.46. The Balaban J connectivity index is 0.000000148. The number of imidazole rings is 1. The van der Waals surface area contributed by atoms with Crippen LogP contribution in [0, 0.1) is 20.8 Å². The van der Waals surface area contributed by atoms with Crippen molar-refractivity contribution in [3.8, 4) is 5.75 Å². The first kappa shape index (κ1) is 30.3. The number of carboxylic acid groups (broad SMARTS) is 3. The second-order valence-corrected chi connectivity index (χ2v) is 9.79. The van der Waals surface area contributed by atoms with Crippen LogP contribution in [-0.2, 0) is 6.42 Å². The summed E-state index contributed by atoms with van der Waals surface area (Å²) in [4.78, 5) is 43.8. The van der Waals surface area contributed by atoms with Crippen LogP contribution in [0.3, 0.4) is 0 Å². The molecule has 0 amide bonds. The summed E-state index contributed by atoms with van der Waals surface area (Å²) in [5.74, 6) is -3.27. The Hall–Kier alpha value is -5.71. The minimum atomic E-state index is -1.14. The van der Waals surface area contributed by atoms with E-state index in [0.29, 0.717) is 27.9 Å². The highest BCUT2D eigenvalue weighted by atomic mass is 16.4. The molecule has 4 heterocycles. The maximum absolute atomic E-state index is 11.0. The Morgan fingerprint density at radius 3 is 2.21 bits per heavy atom. The number of pyridine rings is 2. The number of hydrogen-bond donors (Lipinski definition) is 5. The molecule has 2 aromatic carbocycles. The van der Waals surface area contributed by atoms with Crippen molar-refractivity contribution in [1.29, 1.82) is 0 Å². The Morgan fingerprint density at radius 2 is 1.56 bits per heavy atom. The molecule has 0 aliphatic heterocycles. The topological polar surface area (TPSA) is 178 Å². The average Bonchev–Trinajstić information content (AvgIpc) is 3.54. The molecule has 4 aromatic heterocycles. The van der Waals surface area contributed by atoms with Crippen molar-refractivity contribution in [2.45, 2.75) is 34.1 Å². The van der Waals surface area contributed by atoms with Crippen LogP contribution in [0.25, 0.3) is 27.5 Å². The van der Waals surface area contributed by atoms with Gasteiger partial charge in [-0.05, 0) is 68.7 Å². The predicted molar refractivity (Wildman–Crippen MR) is 161 cm³/mol. The maximum atomic E-state index is 11.0. The third-order valence-corrected chi connectivity index (χ3v) is 6.72. The van der Waals surface area contributed by atoms with E-state index in [9.17, 15) is 19.5 Å². The van der Waals surface area contributed by atoms with Crippen molar-refractivity contribution in [1.82, 2.24) is 19.4 Å². The summed E-state index contributed by atoms with van der Waals surface area (Å²) < 4.78 is 1.60. The number of carbonyl (C=O) groups is 3. The molecule has 6 rings (SSSR count). The quantitative estimate of drug-likeness (QED) is 0.166. The van der Waals surface area contributed by atoms with Gasteiger partial charge >= 0.3 is 17.9 Å². The molecule has 0 saturated heterocycles. The number of nitrogens with one attached hydrogen (secondary N) is 1. The number of rotatable bonds is 4. The van der Waals surface area contributed by atoms with Gasteiger partial charge in [-0.2, -0.15) is 0 Å². The van der Waals surface area contributed by atoms with Gasteiger partial charge in [-0.3, -0.25) is 4.40 Å². The van der Waals surface area contributed by atoms with Crippen molar-refractivity contribution < 1.29 is 34.8 Å². The molecule has 0 spiro atoms. The normalized spacial score (nSPS) is 10.6. The van der Waals surface area contributed by atoms with E-state index < -0.39 is 17.9 Å². The number of H-pyrrole nitrogens is 1. The number of para-hydroxylation sites is 1. The van der Waals surface area contributed by atoms with Gasteiger partial charge in [0.05, 0.1) is 16.9 Å². The standard InChI is InChI=1S/C11H9NO3.C11H11NO2.C10H10N2O2/c1-6-10(13)9(11(14)15)7-4-2-3-5-8(7)12-6;1-2-7-3-4-9-8(5-7)6-10(12-9)11(13)14;1-6-3-4-8-11-7(2)9(10(13)14)12(8)5-6/h2-5,13H,1H3,(H,14,15);3-6,12H,2H2,1H3,(H,13,14);3-5H,1-2H3,(H,13,14). The molecule has 11 nitrogen and oxygen atoms in total. The molecule has 0 aliphatic rings. The van der Waals surface area contributed by atoms with Crippen molar-refractivity contribution in [3.05, 3.63) is 106 Å². The Morgan fingerprint density at radius 1 is 0.837 bits per heavy atom. The molecule has 0 radical (unpaired) electrons. The highest BCUT2D eigenvalue weighted by Gasteiger charge is 2.17. The molecule has 6 aromatic rings. The van der Waals surface area contributed by atoms with Gasteiger partial charge in [-0.15, -0.1) is 0 Å². The van der Waals surface area contributed by atoms with E-state index in [4.69, 9.17) is 15.3 Å². The van der Waals surface area contributed by atoms with Gasteiger partial charge in [0, 0.05) is 22.5 Å². The summed E-state index contributed by atoms with van der Waals surface area (Å²) in [5, 5.41) is 37.8. The lowest BCUT2D eigenvalue weighted by Gasteiger charge is -2.06. The van der Waals surface area contributed by atoms with Crippen LogP contribution in [0.4, 0.5) is 0 Å². The smallest absolute Gasteiger partial charge is 0.354 e. The van der Waals surface area contributed by atoms with E-state index in [2.05, 4.69) is 21.9 Å². The van der Waals surface area contributed by atoms with E-state index in [1.807, 2.05) is 37.3 Å². The molecule has 0 fully saturated rings. The molecule has 0 atom stereocenters. The number of aryl methyl sites for hydroxylation is 4. The lowest BCUT2D eigenvalue weighted by molar-refractivity contribution is 0.0679. The van der Waals surface area contributed by atoms with Gasteiger partial charge in [0.1, 0.15) is 16.9 Å². The first-order valence-corrected chi connectivity index (χ1v) is 13.3. The van der Waals surface area contributed by atoms with Crippen molar-refractivity contribution >= 4 is 45.4 Å². The molecule has 220 valence electrons. The zero-order valence-electron chi connectivity index (χ0n) is 23.9. The van der Waals surface area contributed by atoms with Gasteiger partial charge in [0.2, 0.25) is 0 Å². The van der Waals surface area contributed by atoms with E-state index in [-0.39, 0.29) is 22.7 Å². The first-order valence-electron chi connectivity index (χ1n) is 13.3. The second kappa shape index (κ2) is 12.4. The van der Waals surface area contributed by atoms with Crippen LogP contribution in [0.5, 0.6) is 5.75 Å². The zero-order valence-corrected chi connectivity index (χ0v) is 23.9. The summed E-state index contributed by atoms with van der Waals surface area (Å²) in [6.07, 6.45) is 2.74. The number of carboxylic acids is 3. The fraction of sp³-hybridized carbons (Fsp3) is 0.156. The van der Waals surface area contributed by atoms with Gasteiger partial charge in [0.15, 0.2) is 11.4 Å². The molecule has 0 aliphatic carbocycles. The molecule has 0 unspecified atom stereocenters. The zero-order chi connectivity index (χ0) is 31.4. The molecule has 11 heteroatoms. The van der Waals surface area contributed by atoms with Crippen LogP contribution in [0.15, 0.2) is 66.9 Å². The van der Waals surface area contributed by atoms with Gasteiger partial charge < -0.3 is 25.4 Å². The second-order valence-electron chi connectivity index (χ2n) is 9.79. The van der Waals surface area contributed by atoms with Crippen LogP contribution in [0.1, 0.15) is 60.8 Å². The number of aromatic hydroxyl groups is 1. The first-order chi connectivity index (χ1) is 20.4. The van der Waals surface area contributed by atoms with E-state index in [0.717, 1.165) is 22.9 Å². The maximum Gasteiger partial charge on any atom is 0.354 e. The summed E-state index contributed by atoms with van der Waals surface area (Å²) >= 11 is 0. The Kier molecular flexibility index (Phi) is 8.75. The molecular formula is C32H30N4O7. The number of aromatic carboxylic acids is 3. The fourth-order valence-electron chi connectivity index (χ4n) is 4.58. The van der Waals surface area contributed by atoms with Crippen LogP contribution >= 0.6 is 0 Å². The molecular weight excluding hydrogens is 552 g/mol. The number of nitrogens with zero attached hydrogens (tertiary/aromatic N) is 3. The van der Waals surface area contributed by atoms with Gasteiger partial charge in [-0.25, -0.2) is 24.4 Å². The lowest BCUT2D eigenvalue weighted by atomic mass is 10.1. The molecule has 5 N–H and O–H groups in total. The number of fused-ring (bicyclic) bond motifs is 3. The Bertz CT molecular complexity index is 2010. The average molecular weight is 583 g/mol. The van der Waals surface area contributed by atoms with Crippen molar-refractivity contribution in [3.63, 3.8) is 0 Å². The minimum absolute atomic E-state index is 0.0851. The summed E-state index contributed by atoms with van der Waals surface area (Å²) in [6, 6.07) is 18.2. The molecule has 0 bridgehead atoms. The largest absolute Gasteiger partial charge is 0.505 e. The SMILES string of the molecule is CCc1ccc2[nH]c(C(=O)O)cc2c1.Cc1ccc2nc(C)c(C(=O)O)n2c1.Cc1nc2ccccc2c(C(=O)O)c1O. The number of aromatic amines is 1. The van der Waals surface area contributed by atoms with Crippen molar-refractivity contribution in [2.75, 3.05) is 0 Å². The van der Waals surface area contributed by atoms with E-state index in [1.165, 1.54) is 5.56 Å². The molecule has 43 heavy (non-hydrogen) atoms. The van der Waals surface area contributed by atoms with Crippen molar-refractivity contribution in [2.24, 2.45) is 0 Å². The van der Waals surface area contributed by atoms with Crippen LogP contribution < -0.4 is 0 Å². The van der Waals surface area contributed by atoms with Gasteiger partial charge in [-0.1, -0.05) is 37.3 Å². The number of benzene rings is 2. The summed E-state index contributed by atoms with van der Waals surface area (Å²) in [6.45, 7) is 7.27. The fourth-order valence-corrected chi connectivity index (χ4v) is 4.58. The number of hydrogen-bond acceptors (Lipinski definition) is 6. The summed E-state index contributed by atoms with van der Waals surface area (Å²) in [7, 11) is 0. The third-order valence-electron chi connectivity index (χ3n) is 6.72. The van der Waals surface area contributed by atoms with Gasteiger partial charge in [0.25, 0.3) is 0 Å². The highest BCUT2D eigenvalue weighted by Crippen LogP contribution is 2.28. The van der Waals surface area contributed by atoms with E-state index >= 15 is 0 Å². The highest BCUT2D eigenvalue weighted by molar-refractivity contribution is 6.05. The Labute approximate surface area is 245 Å². The lowest BCUT2D eigenvalue weighted by Crippen LogP contribution is -2.03. The summed E-state index contributed by atoms with van der Waals surface area (Å²) in [5.41, 5.74) is 5.62. The van der Waals surface area contributed by atoms with Crippen LogP contribution in [0.2, 0.25) is 0 Å². The predicted octanol–water partition coefficient (Wildman–Crippen LogP) is 6.02. The molecule has 0 saturated carbocycles. The van der Waals surface area contributed by atoms with E-state index in [1.54, 1.807) is 54.8 Å². The number of aromatic nitrogens is 4. The minimum Gasteiger partial charge on any atom is -0.505 e. The monoisotopic (exact) mass is 582 g/mol.